The molecule has 1 amide bonds. The van der Waals surface area contributed by atoms with Crippen LogP contribution in [0.2, 0.25) is 0 Å². The Morgan fingerprint density at radius 2 is 1.89 bits per heavy atom. The van der Waals surface area contributed by atoms with Gasteiger partial charge in [-0.3, -0.25) is 4.79 Å². The minimum absolute atomic E-state index is 0.169. The molecule has 35 heavy (non-hydrogen) atoms. The molecule has 0 spiro atoms. The summed E-state index contributed by atoms with van der Waals surface area (Å²) in [7, 11) is 0. The molecule has 0 unspecified atom stereocenters. The van der Waals surface area contributed by atoms with Crippen LogP contribution in [0.5, 0.6) is 11.5 Å². The molecule has 4 rings (SSSR count). The van der Waals surface area contributed by atoms with E-state index in [1.165, 1.54) is 18.3 Å². The highest BCUT2D eigenvalue weighted by Gasteiger charge is 2.15. The van der Waals surface area contributed by atoms with Crippen molar-refractivity contribution in [2.45, 2.75) is 13.5 Å². The number of benzene rings is 3. The van der Waals surface area contributed by atoms with Crippen molar-refractivity contribution >= 4 is 84.2 Å². The highest BCUT2D eigenvalue weighted by atomic mass is 127. The first kappa shape index (κ1) is 25.9. The zero-order valence-corrected chi connectivity index (χ0v) is 24.2. The summed E-state index contributed by atoms with van der Waals surface area (Å²) in [5.41, 5.74) is 4.70. The monoisotopic (exact) mass is 762 g/mol. The molecule has 6 nitrogen and oxygen atoms in total. The number of carbonyl (C=O) groups excluding carboxylic acids is 1. The molecular weight excluding hydrogens is 745 g/mol. The highest BCUT2D eigenvalue weighted by molar-refractivity contribution is 14.1. The van der Waals surface area contributed by atoms with Crippen molar-refractivity contribution in [3.8, 4) is 11.5 Å². The maximum Gasteiger partial charge on any atom is 0.307 e. The molecule has 0 atom stereocenters. The molecule has 0 saturated carbocycles. The number of furan rings is 1. The van der Waals surface area contributed by atoms with E-state index >= 15 is 0 Å². The third-order valence-corrected chi connectivity index (χ3v) is 6.83. The molecule has 0 aliphatic heterocycles. The van der Waals surface area contributed by atoms with Gasteiger partial charge in [0, 0.05) is 9.86 Å². The molecule has 0 radical (unpaired) electrons. The number of halogens is 4. The van der Waals surface area contributed by atoms with Crippen molar-refractivity contribution in [2.75, 3.05) is 6.61 Å². The third kappa shape index (κ3) is 6.53. The van der Waals surface area contributed by atoms with Crippen molar-refractivity contribution < 1.29 is 23.1 Å². The Labute approximate surface area is 236 Å². The van der Waals surface area contributed by atoms with Crippen molar-refractivity contribution in [1.82, 2.24) is 5.43 Å². The zero-order valence-electron chi connectivity index (χ0n) is 18.3. The summed E-state index contributed by atoms with van der Waals surface area (Å²) in [6, 6.07) is 15.3. The van der Waals surface area contributed by atoms with Gasteiger partial charge in [-0.05, 0) is 106 Å². The van der Waals surface area contributed by atoms with Gasteiger partial charge < -0.3 is 13.9 Å². The van der Waals surface area contributed by atoms with Crippen LogP contribution < -0.4 is 14.9 Å². The fourth-order valence-electron chi connectivity index (χ4n) is 3.21. The number of nitrogens with one attached hydrogen (secondary N) is 1. The van der Waals surface area contributed by atoms with E-state index in [0.29, 0.717) is 23.7 Å². The molecule has 0 saturated heterocycles. The Balaban J connectivity index is 1.47. The summed E-state index contributed by atoms with van der Waals surface area (Å²) in [6.45, 7) is 2.60. The number of amides is 1. The lowest BCUT2D eigenvalue weighted by molar-refractivity contribution is 0.0929. The summed E-state index contributed by atoms with van der Waals surface area (Å²) in [6.07, 6.45) is 1.52. The molecule has 0 fully saturated rings. The molecule has 0 aliphatic carbocycles. The molecule has 4 aromatic rings. The molecule has 0 bridgehead atoms. The second kappa shape index (κ2) is 11.7. The number of carbonyl (C=O) groups is 1. The zero-order chi connectivity index (χ0) is 24.9. The largest absolute Gasteiger partial charge is 0.490 e. The number of rotatable bonds is 8. The van der Waals surface area contributed by atoms with Crippen LogP contribution in [0.3, 0.4) is 0 Å². The normalized spacial score (nSPS) is 11.2. The van der Waals surface area contributed by atoms with Gasteiger partial charge in [-0.1, -0.05) is 28.1 Å². The van der Waals surface area contributed by atoms with Gasteiger partial charge in [0.05, 0.1) is 20.0 Å². The van der Waals surface area contributed by atoms with Gasteiger partial charge >= 0.3 is 5.91 Å². The van der Waals surface area contributed by atoms with Crippen LogP contribution >= 0.6 is 61.1 Å². The van der Waals surface area contributed by atoms with Crippen molar-refractivity contribution in [3.63, 3.8) is 0 Å². The lowest BCUT2D eigenvalue weighted by atomic mass is 10.2. The first-order valence-corrected chi connectivity index (χ1v) is 13.3. The Bertz CT molecular complexity index is 1410. The van der Waals surface area contributed by atoms with Crippen LogP contribution in [0.25, 0.3) is 11.0 Å². The molecule has 10 heteroatoms. The number of hydrogen-bond donors (Lipinski definition) is 1. The minimum Gasteiger partial charge on any atom is -0.490 e. The second-order valence-corrected chi connectivity index (χ2v) is 10.5. The summed E-state index contributed by atoms with van der Waals surface area (Å²) in [4.78, 5) is 12.5. The van der Waals surface area contributed by atoms with Crippen LogP contribution in [-0.4, -0.2) is 18.7 Å². The topological polar surface area (TPSA) is 73.1 Å². The SMILES string of the molecule is CCOc1cc(/C=N\NC(=O)c2cc3cc(Br)cc(I)c3o2)cc(I)c1OCc1ccc(F)cc1. The average molecular weight is 763 g/mol. The quantitative estimate of drug-likeness (QED) is 0.116. The van der Waals surface area contributed by atoms with E-state index in [1.807, 2.05) is 25.1 Å². The minimum atomic E-state index is -0.455. The molecule has 1 aromatic heterocycles. The molecule has 0 aliphatic rings. The number of fused-ring (bicyclic) bond motifs is 1. The van der Waals surface area contributed by atoms with E-state index in [2.05, 4.69) is 71.6 Å². The van der Waals surface area contributed by atoms with Crippen molar-refractivity contribution in [1.29, 1.82) is 0 Å². The van der Waals surface area contributed by atoms with E-state index in [0.717, 1.165) is 28.1 Å². The lowest BCUT2D eigenvalue weighted by Crippen LogP contribution is -2.16. The van der Waals surface area contributed by atoms with Gasteiger partial charge in [-0.15, -0.1) is 0 Å². The van der Waals surface area contributed by atoms with Gasteiger partial charge in [0.15, 0.2) is 17.3 Å². The molecule has 180 valence electrons. The average Bonchev–Trinajstić information content (AvgIpc) is 3.24. The summed E-state index contributed by atoms with van der Waals surface area (Å²) in [5, 5.41) is 4.90. The fourth-order valence-corrected chi connectivity index (χ4v) is 5.65. The number of hydrogen-bond acceptors (Lipinski definition) is 5. The lowest BCUT2D eigenvalue weighted by Gasteiger charge is -2.14. The van der Waals surface area contributed by atoms with E-state index in [-0.39, 0.29) is 18.2 Å². The fraction of sp³-hybridized carbons (Fsp3) is 0.120. The molecule has 1 heterocycles. The predicted octanol–water partition coefficient (Wildman–Crippen LogP) is 7.29. The standard InChI is InChI=1S/C25H18BrFI2N2O4/c1-2-33-21-8-15(7-19(28)24(21)34-13-14-3-5-18(27)6-4-14)12-30-31-25(32)22-10-16-9-17(26)11-20(29)23(16)35-22/h3-12H,2,13H2,1H3,(H,31,32)/b30-12-. The van der Waals surface area contributed by atoms with Crippen molar-refractivity contribution in [2.24, 2.45) is 5.10 Å². The van der Waals surface area contributed by atoms with E-state index in [4.69, 9.17) is 13.9 Å². The van der Waals surface area contributed by atoms with Crippen LogP contribution in [0.4, 0.5) is 4.39 Å². The molecule has 3 aromatic carbocycles. The van der Waals surface area contributed by atoms with E-state index in [9.17, 15) is 9.18 Å². The third-order valence-electron chi connectivity index (χ3n) is 4.77. The Morgan fingerprint density at radius 3 is 2.63 bits per heavy atom. The number of nitrogens with zero attached hydrogens (tertiary/aromatic N) is 1. The first-order chi connectivity index (χ1) is 16.8. The van der Waals surface area contributed by atoms with Gasteiger partial charge in [-0.2, -0.15) is 5.10 Å². The Morgan fingerprint density at radius 1 is 1.11 bits per heavy atom. The number of ether oxygens (including phenoxy) is 2. The van der Waals surface area contributed by atoms with Gasteiger partial charge in [0.2, 0.25) is 0 Å². The van der Waals surface area contributed by atoms with Crippen molar-refractivity contribution in [3.05, 3.63) is 88.9 Å². The van der Waals surface area contributed by atoms with Gasteiger partial charge in [0.1, 0.15) is 18.0 Å². The van der Waals surface area contributed by atoms with Gasteiger partial charge in [-0.25, -0.2) is 9.82 Å². The Kier molecular flexibility index (Phi) is 8.65. The van der Waals surface area contributed by atoms with Crippen LogP contribution in [0.15, 0.2) is 68.6 Å². The smallest absolute Gasteiger partial charge is 0.307 e. The summed E-state index contributed by atoms with van der Waals surface area (Å²) < 4.78 is 33.2. The number of hydrazone groups is 1. The molecular formula is C25H18BrFI2N2O4. The van der Waals surface area contributed by atoms with Crippen LogP contribution in [-0.2, 0) is 6.61 Å². The maximum absolute atomic E-state index is 13.1. The van der Waals surface area contributed by atoms with Crippen LogP contribution in [0, 0.1) is 13.0 Å². The molecule has 1 N–H and O–H groups in total. The second-order valence-electron chi connectivity index (χ2n) is 7.29. The first-order valence-electron chi connectivity index (χ1n) is 10.4. The van der Waals surface area contributed by atoms with Crippen LogP contribution in [0.1, 0.15) is 28.6 Å². The predicted molar refractivity (Wildman–Crippen MR) is 153 cm³/mol. The Hall–Kier alpha value is -2.19. The van der Waals surface area contributed by atoms with E-state index < -0.39 is 5.91 Å². The maximum atomic E-state index is 13.1. The summed E-state index contributed by atoms with van der Waals surface area (Å²) >= 11 is 7.76. The van der Waals surface area contributed by atoms with E-state index in [1.54, 1.807) is 24.3 Å². The summed E-state index contributed by atoms with van der Waals surface area (Å²) in [5.74, 6) is 0.551. The highest BCUT2D eigenvalue weighted by Crippen LogP contribution is 2.34. The van der Waals surface area contributed by atoms with Gasteiger partial charge in [0.25, 0.3) is 0 Å².